The molecule has 0 aromatic carbocycles. The fourth-order valence-corrected chi connectivity index (χ4v) is 4.25. The lowest BCUT2D eigenvalue weighted by atomic mass is 9.88. The van der Waals surface area contributed by atoms with Crippen LogP contribution in [0.15, 0.2) is 18.5 Å². The second-order valence-electron chi connectivity index (χ2n) is 8.68. The quantitative estimate of drug-likeness (QED) is 0.664. The van der Waals surface area contributed by atoms with E-state index in [4.69, 9.17) is 24.9 Å². The molecule has 2 saturated heterocycles. The molecule has 2 aromatic heterocycles. The lowest BCUT2D eigenvalue weighted by Gasteiger charge is -2.42. The second kappa shape index (κ2) is 9.94. The summed E-state index contributed by atoms with van der Waals surface area (Å²) in [6, 6.07) is 1.99. The van der Waals surface area contributed by atoms with Gasteiger partial charge in [0.15, 0.2) is 0 Å². The second-order valence-corrected chi connectivity index (χ2v) is 8.68. The average Bonchev–Trinajstić information content (AvgIpc) is 2.86. The molecule has 3 aliphatic rings. The average molecular weight is 471 g/mol. The van der Waals surface area contributed by atoms with Crippen LogP contribution in [0.5, 0.6) is 5.88 Å². The Balaban J connectivity index is 1.27. The molecular weight excluding hydrogens is 440 g/mol. The zero-order chi connectivity index (χ0) is 23.5. The van der Waals surface area contributed by atoms with Gasteiger partial charge in [0.1, 0.15) is 6.10 Å². The third-order valence-electron chi connectivity index (χ3n) is 6.44. The van der Waals surface area contributed by atoms with Gasteiger partial charge in [0.05, 0.1) is 32.1 Å². The molecule has 3 fully saturated rings. The van der Waals surface area contributed by atoms with Crippen molar-refractivity contribution in [2.75, 3.05) is 70.3 Å². The normalized spacial score (nSPS) is 22.7. The summed E-state index contributed by atoms with van der Waals surface area (Å²) in [5.74, 6) is 1.29. The number of nitrogens with zero attached hydrogens (tertiary/aromatic N) is 7. The van der Waals surface area contributed by atoms with Crippen molar-refractivity contribution in [3.8, 4) is 17.1 Å². The van der Waals surface area contributed by atoms with Gasteiger partial charge in [0.25, 0.3) is 0 Å². The molecule has 2 aromatic rings. The summed E-state index contributed by atoms with van der Waals surface area (Å²) in [6.45, 7) is 5.14. The van der Waals surface area contributed by atoms with Crippen LogP contribution in [-0.4, -0.2) is 108 Å². The van der Waals surface area contributed by atoms with E-state index in [-0.39, 0.29) is 24.1 Å². The summed E-state index contributed by atoms with van der Waals surface area (Å²) in [5, 5.41) is 0. The molecule has 12 nitrogen and oxygen atoms in total. The molecule has 0 bridgehead atoms. The van der Waals surface area contributed by atoms with E-state index in [9.17, 15) is 4.79 Å². The Morgan fingerprint density at radius 2 is 1.71 bits per heavy atom. The predicted octanol–water partition coefficient (Wildman–Crippen LogP) is 0.646. The molecule has 182 valence electrons. The molecule has 4 heterocycles. The van der Waals surface area contributed by atoms with E-state index >= 15 is 0 Å². The summed E-state index contributed by atoms with van der Waals surface area (Å²) in [7, 11) is 1.86. The summed E-state index contributed by atoms with van der Waals surface area (Å²) < 4.78 is 17.0. The van der Waals surface area contributed by atoms with Gasteiger partial charge < -0.3 is 34.6 Å². The van der Waals surface area contributed by atoms with Crippen LogP contribution in [0.25, 0.3) is 11.3 Å². The SMILES string of the molecule is CN(C(=O)N1CCOCC1)C1CC(Oc2cc(-c3cnc(N)nc3)nc(N3CCOCC3)n2)C1. The zero-order valence-corrected chi connectivity index (χ0v) is 19.3. The number of carbonyl (C=O) groups is 1. The highest BCUT2D eigenvalue weighted by Gasteiger charge is 2.37. The van der Waals surface area contributed by atoms with Crippen LogP contribution in [0, 0.1) is 0 Å². The van der Waals surface area contributed by atoms with Crippen molar-refractivity contribution in [2.24, 2.45) is 0 Å². The van der Waals surface area contributed by atoms with E-state index < -0.39 is 0 Å². The Hall–Kier alpha value is -3.25. The van der Waals surface area contributed by atoms with Gasteiger partial charge >= 0.3 is 6.03 Å². The van der Waals surface area contributed by atoms with E-state index in [1.165, 1.54) is 0 Å². The summed E-state index contributed by atoms with van der Waals surface area (Å²) in [4.78, 5) is 36.0. The lowest BCUT2D eigenvalue weighted by molar-refractivity contribution is 0.0142. The Kier molecular flexibility index (Phi) is 6.59. The highest BCUT2D eigenvalue weighted by atomic mass is 16.5. The number of nitrogens with two attached hydrogens (primary N) is 1. The van der Waals surface area contributed by atoms with Crippen LogP contribution >= 0.6 is 0 Å². The first-order valence-electron chi connectivity index (χ1n) is 11.6. The summed E-state index contributed by atoms with van der Waals surface area (Å²) in [6.07, 6.45) is 4.77. The van der Waals surface area contributed by atoms with E-state index in [1.54, 1.807) is 18.5 Å². The van der Waals surface area contributed by atoms with Gasteiger partial charge in [0.2, 0.25) is 17.8 Å². The fraction of sp³-hybridized carbons (Fsp3) is 0.591. The van der Waals surface area contributed by atoms with Crippen molar-refractivity contribution in [1.29, 1.82) is 0 Å². The van der Waals surface area contributed by atoms with Crippen molar-refractivity contribution >= 4 is 17.9 Å². The largest absolute Gasteiger partial charge is 0.474 e. The van der Waals surface area contributed by atoms with Crippen LogP contribution in [-0.2, 0) is 9.47 Å². The number of morpholine rings is 2. The van der Waals surface area contributed by atoms with Crippen LogP contribution < -0.4 is 15.4 Å². The van der Waals surface area contributed by atoms with Gasteiger partial charge in [-0.05, 0) is 0 Å². The van der Waals surface area contributed by atoms with Crippen molar-refractivity contribution in [3.63, 3.8) is 0 Å². The molecule has 5 rings (SSSR count). The van der Waals surface area contributed by atoms with Gasteiger partial charge in [-0.1, -0.05) is 0 Å². The number of hydrogen-bond donors (Lipinski definition) is 1. The maximum absolute atomic E-state index is 12.7. The van der Waals surface area contributed by atoms with Crippen molar-refractivity contribution in [3.05, 3.63) is 18.5 Å². The van der Waals surface area contributed by atoms with Crippen molar-refractivity contribution in [2.45, 2.75) is 25.0 Å². The molecule has 0 atom stereocenters. The van der Waals surface area contributed by atoms with E-state index in [1.807, 2.05) is 16.8 Å². The minimum Gasteiger partial charge on any atom is -0.474 e. The Bertz CT molecular complexity index is 989. The number of anilines is 2. The maximum Gasteiger partial charge on any atom is 0.320 e. The van der Waals surface area contributed by atoms with Gasteiger partial charge in [-0.15, -0.1) is 0 Å². The smallest absolute Gasteiger partial charge is 0.320 e. The zero-order valence-electron chi connectivity index (χ0n) is 19.3. The van der Waals surface area contributed by atoms with E-state index in [2.05, 4.69) is 19.9 Å². The topological polar surface area (TPSA) is 132 Å². The molecule has 1 saturated carbocycles. The van der Waals surface area contributed by atoms with E-state index in [0.717, 1.165) is 18.4 Å². The van der Waals surface area contributed by atoms with Gasteiger partial charge in [-0.3, -0.25) is 0 Å². The Morgan fingerprint density at radius 1 is 1.06 bits per heavy atom. The first-order chi connectivity index (χ1) is 16.6. The minimum atomic E-state index is -0.0205. The summed E-state index contributed by atoms with van der Waals surface area (Å²) >= 11 is 0. The lowest BCUT2D eigenvalue weighted by Crippen LogP contribution is -2.55. The first kappa shape index (κ1) is 22.5. The number of hydrogen-bond acceptors (Lipinski definition) is 10. The molecule has 2 aliphatic heterocycles. The number of aromatic nitrogens is 4. The summed E-state index contributed by atoms with van der Waals surface area (Å²) in [5.41, 5.74) is 7.04. The molecule has 0 spiro atoms. The van der Waals surface area contributed by atoms with Crippen LogP contribution in [0.2, 0.25) is 0 Å². The highest BCUT2D eigenvalue weighted by Crippen LogP contribution is 2.31. The number of urea groups is 1. The number of nitrogen functional groups attached to an aromatic ring is 1. The maximum atomic E-state index is 12.7. The van der Waals surface area contributed by atoms with Crippen LogP contribution in [0.3, 0.4) is 0 Å². The molecule has 2 N–H and O–H groups in total. The number of amides is 2. The van der Waals surface area contributed by atoms with E-state index in [0.29, 0.717) is 70.1 Å². The number of carbonyl (C=O) groups excluding carboxylic acids is 1. The number of ether oxygens (including phenoxy) is 3. The van der Waals surface area contributed by atoms with Crippen LogP contribution in [0.1, 0.15) is 12.8 Å². The molecule has 0 unspecified atom stereocenters. The minimum absolute atomic E-state index is 0.0205. The molecule has 2 amide bonds. The van der Waals surface area contributed by atoms with Crippen molar-refractivity contribution < 1.29 is 19.0 Å². The molecule has 1 aliphatic carbocycles. The Labute approximate surface area is 198 Å². The standard InChI is InChI=1S/C22H30N8O4/c1-28(22(31)30-4-8-33-9-5-30)16-10-17(11-16)34-19-12-18(15-13-24-20(23)25-14-15)26-21(27-19)29-2-6-32-7-3-29/h12-14,16-17H,2-11H2,1H3,(H2,23,24,25). The van der Waals surface area contributed by atoms with Crippen LogP contribution in [0.4, 0.5) is 16.7 Å². The third-order valence-corrected chi connectivity index (χ3v) is 6.44. The van der Waals surface area contributed by atoms with Crippen molar-refractivity contribution in [1.82, 2.24) is 29.7 Å². The fourth-order valence-electron chi connectivity index (χ4n) is 4.25. The number of rotatable bonds is 5. The predicted molar refractivity (Wildman–Crippen MR) is 123 cm³/mol. The highest BCUT2D eigenvalue weighted by molar-refractivity contribution is 5.74. The molecular formula is C22H30N8O4. The molecule has 0 radical (unpaired) electrons. The molecule has 12 heteroatoms. The first-order valence-corrected chi connectivity index (χ1v) is 11.6. The molecule has 34 heavy (non-hydrogen) atoms. The van der Waals surface area contributed by atoms with Gasteiger partial charge in [-0.2, -0.15) is 4.98 Å². The van der Waals surface area contributed by atoms with Gasteiger partial charge in [0, 0.05) is 76.1 Å². The monoisotopic (exact) mass is 470 g/mol. The van der Waals surface area contributed by atoms with Gasteiger partial charge in [-0.25, -0.2) is 19.7 Å². The third kappa shape index (κ3) is 4.97. The Morgan fingerprint density at radius 3 is 2.38 bits per heavy atom.